The zero-order valence-electron chi connectivity index (χ0n) is 18.8. The molecule has 0 radical (unpaired) electrons. The number of anilines is 1. The highest BCUT2D eigenvalue weighted by molar-refractivity contribution is 14.0. The average molecular weight is 568 g/mol. The first kappa shape index (κ1) is 24.8. The van der Waals surface area contributed by atoms with Crippen LogP contribution in [0.5, 0.6) is 0 Å². The van der Waals surface area contributed by atoms with Gasteiger partial charge in [0.25, 0.3) is 0 Å². The van der Waals surface area contributed by atoms with E-state index in [9.17, 15) is 4.79 Å². The predicted octanol–water partition coefficient (Wildman–Crippen LogP) is 3.82. The van der Waals surface area contributed by atoms with Crippen molar-refractivity contribution in [1.82, 2.24) is 15.1 Å². The number of nitrogens with one attached hydrogen (secondary N) is 1. The quantitative estimate of drug-likeness (QED) is 0.250. The number of rotatable bonds is 6. The zero-order chi connectivity index (χ0) is 21.5. The number of aliphatic imine (C=N–C) groups is 1. The van der Waals surface area contributed by atoms with Crippen LogP contribution in [0.2, 0.25) is 0 Å². The Morgan fingerprint density at radius 3 is 2.53 bits per heavy atom. The lowest BCUT2D eigenvalue weighted by molar-refractivity contribution is -0.132. The molecule has 6 nitrogen and oxygen atoms in total. The third kappa shape index (κ3) is 6.37. The molecule has 3 heterocycles. The molecule has 1 aromatic heterocycles. The van der Waals surface area contributed by atoms with Crippen LogP contribution < -0.4 is 10.2 Å². The van der Waals surface area contributed by atoms with Crippen LogP contribution >= 0.6 is 35.3 Å². The molecule has 0 unspecified atom stereocenters. The SMILES string of the molecule is CCNC(=NCCCC(=O)N1CCc2ccccc2C1)N1CCN(c2cccs2)CC1.I. The fraction of sp³-hybridized carbons (Fsp3) is 0.500. The van der Waals surface area contributed by atoms with Gasteiger partial charge < -0.3 is 20.0 Å². The van der Waals surface area contributed by atoms with Gasteiger partial charge in [-0.3, -0.25) is 9.79 Å². The normalized spacial score (nSPS) is 16.4. The Bertz CT molecular complexity index is 880. The van der Waals surface area contributed by atoms with Crippen LogP contribution in [0.25, 0.3) is 0 Å². The minimum atomic E-state index is 0. The number of fused-ring (bicyclic) bond motifs is 1. The fourth-order valence-corrected chi connectivity index (χ4v) is 5.08. The first-order chi connectivity index (χ1) is 15.2. The summed E-state index contributed by atoms with van der Waals surface area (Å²) in [4.78, 5) is 24.3. The maximum Gasteiger partial charge on any atom is 0.222 e. The second-order valence-corrected chi connectivity index (χ2v) is 9.02. The van der Waals surface area contributed by atoms with Crippen LogP contribution in [0, 0.1) is 0 Å². The number of nitrogens with zero attached hydrogens (tertiary/aromatic N) is 4. The number of thiophene rings is 1. The van der Waals surface area contributed by atoms with E-state index in [0.717, 1.165) is 64.6 Å². The molecule has 0 aliphatic carbocycles. The van der Waals surface area contributed by atoms with Crippen LogP contribution in [0.3, 0.4) is 0 Å². The summed E-state index contributed by atoms with van der Waals surface area (Å²) in [6.45, 7) is 9.19. The van der Waals surface area contributed by atoms with Gasteiger partial charge in [0.15, 0.2) is 5.96 Å². The third-order valence-corrected chi connectivity index (χ3v) is 6.95. The fourth-order valence-electron chi connectivity index (χ4n) is 4.30. The van der Waals surface area contributed by atoms with Gasteiger partial charge in [-0.2, -0.15) is 0 Å². The topological polar surface area (TPSA) is 51.2 Å². The number of piperazine rings is 1. The summed E-state index contributed by atoms with van der Waals surface area (Å²) in [7, 11) is 0. The zero-order valence-corrected chi connectivity index (χ0v) is 22.0. The van der Waals surface area contributed by atoms with E-state index < -0.39 is 0 Å². The molecule has 4 rings (SSSR count). The number of benzene rings is 1. The first-order valence-electron chi connectivity index (χ1n) is 11.4. The Hall–Kier alpha value is -1.81. The molecule has 1 saturated heterocycles. The predicted molar refractivity (Wildman–Crippen MR) is 144 cm³/mol. The molecule has 0 bridgehead atoms. The molecular formula is C24H34IN5OS. The van der Waals surface area contributed by atoms with E-state index in [1.807, 2.05) is 4.90 Å². The highest BCUT2D eigenvalue weighted by Crippen LogP contribution is 2.22. The number of halogens is 1. The smallest absolute Gasteiger partial charge is 0.222 e. The molecule has 174 valence electrons. The Labute approximate surface area is 212 Å². The minimum absolute atomic E-state index is 0. The van der Waals surface area contributed by atoms with Gasteiger partial charge in [0, 0.05) is 58.8 Å². The largest absolute Gasteiger partial charge is 0.360 e. The molecule has 2 aromatic rings. The summed E-state index contributed by atoms with van der Waals surface area (Å²) in [6, 6.07) is 12.8. The number of carbonyl (C=O) groups is 1. The van der Waals surface area contributed by atoms with E-state index in [1.165, 1.54) is 16.1 Å². The van der Waals surface area contributed by atoms with Crippen molar-refractivity contribution in [2.75, 3.05) is 50.7 Å². The van der Waals surface area contributed by atoms with Gasteiger partial charge in [-0.05, 0) is 48.4 Å². The standard InChI is InChI=1S/C24H33N5OS.HI/c1-2-25-24(28-16-14-27(15-17-28)23-10-6-18-31-23)26-12-5-9-22(30)29-13-11-20-7-3-4-8-21(20)19-29;/h3-4,6-8,10,18H,2,5,9,11-17,19H2,1H3,(H,25,26);1H. The Morgan fingerprint density at radius 2 is 1.81 bits per heavy atom. The van der Waals surface area contributed by atoms with Gasteiger partial charge in [0.1, 0.15) is 0 Å². The van der Waals surface area contributed by atoms with E-state index in [4.69, 9.17) is 4.99 Å². The van der Waals surface area contributed by atoms with Gasteiger partial charge in [-0.25, -0.2) is 0 Å². The summed E-state index contributed by atoms with van der Waals surface area (Å²) in [6.07, 6.45) is 2.32. The van der Waals surface area contributed by atoms with Crippen molar-refractivity contribution in [3.8, 4) is 0 Å². The molecule has 1 amide bonds. The molecule has 2 aliphatic rings. The molecule has 2 aliphatic heterocycles. The minimum Gasteiger partial charge on any atom is -0.360 e. The van der Waals surface area contributed by atoms with Crippen molar-refractivity contribution in [2.24, 2.45) is 4.99 Å². The molecule has 1 fully saturated rings. The van der Waals surface area contributed by atoms with Gasteiger partial charge >= 0.3 is 0 Å². The number of hydrogen-bond acceptors (Lipinski definition) is 4. The molecule has 32 heavy (non-hydrogen) atoms. The first-order valence-corrected chi connectivity index (χ1v) is 12.3. The number of amides is 1. The van der Waals surface area contributed by atoms with Crippen molar-refractivity contribution in [1.29, 1.82) is 0 Å². The maximum atomic E-state index is 12.7. The molecule has 0 spiro atoms. The van der Waals surface area contributed by atoms with Crippen LogP contribution in [-0.4, -0.2) is 67.5 Å². The second kappa shape index (κ2) is 12.4. The Kier molecular flexibility index (Phi) is 9.65. The van der Waals surface area contributed by atoms with Crippen LogP contribution in [0.15, 0.2) is 46.8 Å². The third-order valence-electron chi connectivity index (χ3n) is 6.03. The van der Waals surface area contributed by atoms with E-state index in [-0.39, 0.29) is 29.9 Å². The van der Waals surface area contributed by atoms with E-state index in [0.29, 0.717) is 13.0 Å². The highest BCUT2D eigenvalue weighted by atomic mass is 127. The summed E-state index contributed by atoms with van der Waals surface area (Å²) >= 11 is 1.80. The lowest BCUT2D eigenvalue weighted by Gasteiger charge is -2.37. The number of guanidine groups is 1. The lowest BCUT2D eigenvalue weighted by Crippen LogP contribution is -2.52. The number of hydrogen-bond donors (Lipinski definition) is 1. The lowest BCUT2D eigenvalue weighted by atomic mass is 9.99. The van der Waals surface area contributed by atoms with Crippen molar-refractivity contribution in [3.05, 3.63) is 52.9 Å². The molecule has 1 N–H and O–H groups in total. The van der Waals surface area contributed by atoms with Crippen molar-refractivity contribution in [2.45, 2.75) is 32.7 Å². The monoisotopic (exact) mass is 567 g/mol. The van der Waals surface area contributed by atoms with Gasteiger partial charge in [-0.1, -0.05) is 24.3 Å². The van der Waals surface area contributed by atoms with E-state index in [2.05, 4.69) is 63.8 Å². The number of carbonyl (C=O) groups excluding carboxylic acids is 1. The average Bonchev–Trinajstić information content (AvgIpc) is 3.36. The molecule has 0 atom stereocenters. The summed E-state index contributed by atoms with van der Waals surface area (Å²) in [5.41, 5.74) is 2.67. The Balaban J connectivity index is 0.00000289. The summed E-state index contributed by atoms with van der Waals surface area (Å²) < 4.78 is 0. The summed E-state index contributed by atoms with van der Waals surface area (Å²) in [5, 5.41) is 6.91. The van der Waals surface area contributed by atoms with Crippen LogP contribution in [-0.2, 0) is 17.8 Å². The molecule has 8 heteroatoms. The molecule has 1 aromatic carbocycles. The molecular weight excluding hydrogens is 533 g/mol. The highest BCUT2D eigenvalue weighted by Gasteiger charge is 2.21. The van der Waals surface area contributed by atoms with Gasteiger partial charge in [0.05, 0.1) is 5.00 Å². The van der Waals surface area contributed by atoms with Crippen LogP contribution in [0.4, 0.5) is 5.00 Å². The van der Waals surface area contributed by atoms with Crippen molar-refractivity contribution >= 4 is 52.2 Å². The van der Waals surface area contributed by atoms with Crippen molar-refractivity contribution < 1.29 is 4.79 Å². The van der Waals surface area contributed by atoms with Gasteiger partial charge in [0.2, 0.25) is 5.91 Å². The maximum absolute atomic E-state index is 12.7. The Morgan fingerprint density at radius 1 is 1.03 bits per heavy atom. The van der Waals surface area contributed by atoms with Crippen LogP contribution in [0.1, 0.15) is 30.9 Å². The van der Waals surface area contributed by atoms with Gasteiger partial charge in [-0.15, -0.1) is 35.3 Å². The van der Waals surface area contributed by atoms with E-state index in [1.54, 1.807) is 11.3 Å². The summed E-state index contributed by atoms with van der Waals surface area (Å²) in [5.74, 6) is 1.23. The molecule has 0 saturated carbocycles. The van der Waals surface area contributed by atoms with E-state index >= 15 is 0 Å². The second-order valence-electron chi connectivity index (χ2n) is 8.10. The van der Waals surface area contributed by atoms with Crippen molar-refractivity contribution in [3.63, 3.8) is 0 Å².